The smallest absolute Gasteiger partial charge is 0.416 e. The van der Waals surface area contributed by atoms with E-state index in [2.05, 4.69) is 16.0 Å². The Labute approximate surface area is 219 Å². The maximum atomic E-state index is 12.9. The molecule has 1 aromatic rings. The molecule has 0 aromatic heterocycles. The van der Waals surface area contributed by atoms with Gasteiger partial charge < -0.3 is 35.2 Å². The highest BCUT2D eigenvalue weighted by Gasteiger charge is 2.31. The minimum absolute atomic E-state index is 0.0477. The van der Waals surface area contributed by atoms with Crippen molar-refractivity contribution in [1.82, 2.24) is 16.0 Å². The molecular formula is C23H35F3N3O8P. The average molecular weight is 570 g/mol. The van der Waals surface area contributed by atoms with Crippen molar-refractivity contribution in [2.75, 3.05) is 32.5 Å². The molecule has 0 heterocycles. The number of halogens is 3. The predicted octanol–water partition coefficient (Wildman–Crippen LogP) is 2.91. The summed E-state index contributed by atoms with van der Waals surface area (Å²) in [5.74, 6) is -1.30. The molecule has 0 fully saturated rings. The molecule has 2 atom stereocenters. The van der Waals surface area contributed by atoms with E-state index in [1.807, 2.05) is 0 Å². The maximum Gasteiger partial charge on any atom is 0.416 e. The van der Waals surface area contributed by atoms with Crippen LogP contribution in [0.1, 0.15) is 44.2 Å². The first-order valence-electron chi connectivity index (χ1n) is 12.0. The number of rotatable bonds is 17. The largest absolute Gasteiger partial charge is 0.465 e. The number of hydrogen-bond donors (Lipinski definition) is 5. The summed E-state index contributed by atoms with van der Waals surface area (Å²) in [6.07, 6.45) is -5.84. The Morgan fingerprint density at radius 3 is 2.29 bits per heavy atom. The van der Waals surface area contributed by atoms with Gasteiger partial charge in [0.05, 0.1) is 31.4 Å². The molecule has 5 N–H and O–H groups in total. The lowest BCUT2D eigenvalue weighted by Gasteiger charge is -2.22. The van der Waals surface area contributed by atoms with Gasteiger partial charge in [-0.05, 0) is 51.2 Å². The van der Waals surface area contributed by atoms with E-state index in [0.29, 0.717) is 12.8 Å². The fourth-order valence-corrected chi connectivity index (χ4v) is 5.00. The third-order valence-corrected chi connectivity index (χ3v) is 7.13. The highest BCUT2D eigenvalue weighted by atomic mass is 31.2. The molecule has 15 heteroatoms. The number of hydrogen-bond acceptors (Lipinski definition) is 7. The van der Waals surface area contributed by atoms with Gasteiger partial charge in [0.25, 0.3) is 0 Å². The van der Waals surface area contributed by atoms with E-state index in [4.69, 9.17) is 14.2 Å². The molecule has 0 aliphatic rings. The summed E-state index contributed by atoms with van der Waals surface area (Å²) in [5, 5.41) is 25.8. The number of carbonyl (C=O) groups excluding carboxylic acids is 2. The summed E-state index contributed by atoms with van der Waals surface area (Å²) in [5.41, 5.74) is -0.634. The van der Waals surface area contributed by atoms with Crippen molar-refractivity contribution in [2.45, 2.75) is 57.8 Å². The van der Waals surface area contributed by atoms with E-state index in [1.165, 1.54) is 12.1 Å². The Bertz CT molecular complexity index is 954. The number of aliphatic hydroxyl groups excluding tert-OH is 1. The summed E-state index contributed by atoms with van der Waals surface area (Å²) in [7, 11) is -3.55. The lowest BCUT2D eigenvalue weighted by molar-refractivity contribution is -0.137. The molecule has 0 aliphatic carbocycles. The van der Waals surface area contributed by atoms with Crippen molar-refractivity contribution >= 4 is 25.5 Å². The Morgan fingerprint density at radius 2 is 1.74 bits per heavy atom. The molecule has 2 unspecified atom stereocenters. The normalized spacial score (nSPS) is 13.4. The summed E-state index contributed by atoms with van der Waals surface area (Å²) in [6.45, 7) is 3.04. The molecule has 3 amide bonds. The number of unbranched alkanes of at least 4 members (excludes halogenated alkanes) is 1. The van der Waals surface area contributed by atoms with Crippen LogP contribution in [-0.2, 0) is 35.8 Å². The number of nitrogens with one attached hydrogen (secondary N) is 3. The van der Waals surface area contributed by atoms with Gasteiger partial charge in [-0.2, -0.15) is 13.2 Å². The summed E-state index contributed by atoms with van der Waals surface area (Å²) in [6, 6.07) is 2.31. The first kappa shape index (κ1) is 33.4. The van der Waals surface area contributed by atoms with Crippen LogP contribution >= 0.6 is 7.60 Å². The summed E-state index contributed by atoms with van der Waals surface area (Å²) < 4.78 is 61.3. The molecule has 38 heavy (non-hydrogen) atoms. The molecule has 1 rings (SSSR count). The topological polar surface area (TPSA) is 163 Å². The fourth-order valence-electron chi connectivity index (χ4n) is 3.50. The molecule has 0 spiro atoms. The van der Waals surface area contributed by atoms with E-state index in [0.717, 1.165) is 12.1 Å². The number of carboxylic acid groups (broad SMARTS) is 1. The first-order valence-corrected chi connectivity index (χ1v) is 13.8. The van der Waals surface area contributed by atoms with Crippen LogP contribution in [0.3, 0.4) is 0 Å². The van der Waals surface area contributed by atoms with Crippen molar-refractivity contribution in [3.05, 3.63) is 35.4 Å². The summed E-state index contributed by atoms with van der Waals surface area (Å²) >= 11 is 0. The zero-order chi connectivity index (χ0) is 28.8. The molecule has 0 aliphatic heterocycles. The third-order valence-electron chi connectivity index (χ3n) is 5.15. The van der Waals surface area contributed by atoms with E-state index < -0.39 is 62.1 Å². The molecule has 0 saturated carbocycles. The van der Waals surface area contributed by atoms with Gasteiger partial charge in [-0.1, -0.05) is 18.2 Å². The highest BCUT2D eigenvalue weighted by molar-refractivity contribution is 7.54. The molecule has 0 radical (unpaired) electrons. The maximum absolute atomic E-state index is 12.9. The van der Waals surface area contributed by atoms with Gasteiger partial charge in [-0.15, -0.1) is 0 Å². The van der Waals surface area contributed by atoms with Crippen LogP contribution in [0.25, 0.3) is 0 Å². The average Bonchev–Trinajstić information content (AvgIpc) is 2.82. The van der Waals surface area contributed by atoms with Crippen molar-refractivity contribution < 1.29 is 51.4 Å². The van der Waals surface area contributed by atoms with Crippen LogP contribution in [0.5, 0.6) is 0 Å². The van der Waals surface area contributed by atoms with Crippen LogP contribution in [0.4, 0.5) is 18.0 Å². The van der Waals surface area contributed by atoms with Crippen molar-refractivity contribution in [1.29, 1.82) is 0 Å². The van der Waals surface area contributed by atoms with Crippen LogP contribution in [0.15, 0.2) is 24.3 Å². The second-order valence-corrected chi connectivity index (χ2v) is 10.3. The van der Waals surface area contributed by atoms with Gasteiger partial charge >= 0.3 is 19.9 Å². The van der Waals surface area contributed by atoms with Crippen LogP contribution < -0.4 is 16.0 Å². The zero-order valence-corrected chi connectivity index (χ0v) is 22.1. The fraction of sp³-hybridized carbons (Fsp3) is 0.609. The molecule has 11 nitrogen and oxygen atoms in total. The first-order chi connectivity index (χ1) is 17.8. The molecule has 0 bridgehead atoms. The Hall–Kier alpha value is -2.67. The zero-order valence-electron chi connectivity index (χ0n) is 21.3. The number of amides is 3. The second-order valence-electron chi connectivity index (χ2n) is 8.24. The van der Waals surface area contributed by atoms with E-state index >= 15 is 0 Å². The van der Waals surface area contributed by atoms with Crippen molar-refractivity contribution in [3.63, 3.8) is 0 Å². The number of carbonyl (C=O) groups is 3. The SMILES string of the molecule is CCOP(=O)(CC(=O)NCCCCC(NC(=O)O)C(=O)NC(CO)Cc1cccc(C(F)(F)F)c1)OCC. The van der Waals surface area contributed by atoms with Crippen molar-refractivity contribution in [3.8, 4) is 0 Å². The Kier molecular flexibility index (Phi) is 14.3. The minimum Gasteiger partial charge on any atom is -0.465 e. The second kappa shape index (κ2) is 16.3. The quantitative estimate of drug-likeness (QED) is 0.141. The monoisotopic (exact) mass is 569 g/mol. The van der Waals surface area contributed by atoms with Gasteiger partial charge in [0, 0.05) is 6.54 Å². The van der Waals surface area contributed by atoms with Gasteiger partial charge in [-0.3, -0.25) is 14.2 Å². The molecule has 1 aromatic carbocycles. The van der Waals surface area contributed by atoms with Gasteiger partial charge in [-0.25, -0.2) is 4.79 Å². The van der Waals surface area contributed by atoms with E-state index in [9.17, 15) is 37.2 Å². The standard InChI is InChI=1S/C23H35F3N3O8P/c1-3-36-38(35,37-4-2)15-20(31)27-11-6-5-10-19(29-22(33)34)21(32)28-18(14-30)13-16-8-7-9-17(12-16)23(24,25)26/h7-9,12,18-19,29-30H,3-6,10-11,13-15H2,1-2H3,(H,27,31)(H,28,32)(H,33,34). The van der Waals surface area contributed by atoms with Gasteiger partial charge in [0.15, 0.2) is 0 Å². The van der Waals surface area contributed by atoms with Gasteiger partial charge in [0.2, 0.25) is 11.8 Å². The van der Waals surface area contributed by atoms with Crippen molar-refractivity contribution in [2.24, 2.45) is 0 Å². The lowest BCUT2D eigenvalue weighted by atomic mass is 10.0. The van der Waals surface area contributed by atoms with Gasteiger partial charge in [0.1, 0.15) is 12.2 Å². The minimum atomic E-state index is -4.55. The Morgan fingerprint density at radius 1 is 1.08 bits per heavy atom. The number of benzene rings is 1. The van der Waals surface area contributed by atoms with Crippen LogP contribution in [-0.4, -0.2) is 72.7 Å². The molecule has 0 saturated heterocycles. The molecule has 216 valence electrons. The number of aliphatic hydroxyl groups is 1. The van der Waals surface area contributed by atoms with E-state index in [1.54, 1.807) is 13.8 Å². The van der Waals surface area contributed by atoms with Crippen LogP contribution in [0.2, 0.25) is 0 Å². The lowest BCUT2D eigenvalue weighted by Crippen LogP contribution is -2.50. The predicted molar refractivity (Wildman–Crippen MR) is 132 cm³/mol. The third kappa shape index (κ3) is 12.7. The molecular weight excluding hydrogens is 534 g/mol. The van der Waals surface area contributed by atoms with E-state index in [-0.39, 0.29) is 38.2 Å². The van der Waals surface area contributed by atoms with Crippen LogP contribution in [0, 0.1) is 0 Å². The highest BCUT2D eigenvalue weighted by Crippen LogP contribution is 2.47. The Balaban J connectivity index is 2.62. The summed E-state index contributed by atoms with van der Waals surface area (Å²) in [4.78, 5) is 35.9. The number of alkyl halides is 3.